The van der Waals surface area contributed by atoms with Gasteiger partial charge in [0, 0.05) is 24.9 Å². The lowest BCUT2D eigenvalue weighted by molar-refractivity contribution is -0.123. The second-order valence-electron chi connectivity index (χ2n) is 12.2. The van der Waals surface area contributed by atoms with Crippen LogP contribution in [0, 0.1) is 5.41 Å². The molecule has 1 aliphatic heterocycles. The van der Waals surface area contributed by atoms with Gasteiger partial charge in [-0.15, -0.1) is 5.10 Å². The van der Waals surface area contributed by atoms with Crippen molar-refractivity contribution in [3.05, 3.63) is 36.3 Å². The van der Waals surface area contributed by atoms with Crippen LogP contribution in [-0.4, -0.2) is 137 Å². The molecule has 0 atom stereocenters. The van der Waals surface area contributed by atoms with Crippen molar-refractivity contribution < 1.29 is 42.7 Å². The lowest BCUT2D eigenvalue weighted by atomic mass is 9.90. The Labute approximate surface area is 285 Å². The van der Waals surface area contributed by atoms with E-state index in [1.165, 1.54) is 6.08 Å². The quantitative estimate of drug-likeness (QED) is 0.115. The first-order chi connectivity index (χ1) is 23.2. The molecule has 15 heteroatoms. The average molecular weight is 683 g/mol. The van der Waals surface area contributed by atoms with E-state index in [0.29, 0.717) is 135 Å². The number of nitrogens with zero attached hydrogens (tertiary/aromatic N) is 4. The summed E-state index contributed by atoms with van der Waals surface area (Å²) in [6, 6.07) is -0.156. The number of ether oxygens (including phenoxy) is 7. The van der Waals surface area contributed by atoms with Crippen molar-refractivity contribution in [2.24, 2.45) is 5.41 Å². The minimum atomic E-state index is -0.156. The average Bonchev–Trinajstić information content (AvgIpc) is 3.63. The predicted octanol–water partition coefficient (Wildman–Crippen LogP) is 2.32. The predicted molar refractivity (Wildman–Crippen MR) is 179 cm³/mol. The van der Waals surface area contributed by atoms with Gasteiger partial charge in [0.05, 0.1) is 112 Å². The summed E-state index contributed by atoms with van der Waals surface area (Å²) < 4.78 is 40.2. The van der Waals surface area contributed by atoms with Gasteiger partial charge >= 0.3 is 6.03 Å². The van der Waals surface area contributed by atoms with Crippen LogP contribution >= 0.6 is 0 Å². The number of hydrogen-bond donors (Lipinski definition) is 2. The van der Waals surface area contributed by atoms with Crippen LogP contribution < -0.4 is 10.6 Å². The van der Waals surface area contributed by atoms with Crippen molar-refractivity contribution in [1.82, 2.24) is 30.5 Å². The second-order valence-corrected chi connectivity index (χ2v) is 12.2. The fourth-order valence-electron chi connectivity index (χ4n) is 4.21. The number of nitrogens with one attached hydrogen (secondary N) is 2. The molecule has 0 bridgehead atoms. The first kappa shape index (κ1) is 41.3. The minimum absolute atomic E-state index is 0.0994. The van der Waals surface area contributed by atoms with Gasteiger partial charge in [0.25, 0.3) is 5.91 Å². The Kier molecular flexibility index (Phi) is 22.4. The molecule has 1 aromatic heterocycles. The molecular formula is C33H58N6O9. The van der Waals surface area contributed by atoms with Crippen molar-refractivity contribution in [3.63, 3.8) is 0 Å². The summed E-state index contributed by atoms with van der Waals surface area (Å²) >= 11 is 0. The standard InChI is InChI=1S/C33H58N6O9/c1-29-7-8-31(40)39(29)28-30-27-38(37-36-30)12-14-43-16-18-45-20-22-47-24-26-48-25-23-46-21-19-44-17-15-42-13-11-35-32(41)34-10-6-5-9-33(2,3)4/h7-8,27H,1,5-6,9-26,28H2,2-4H3,(H2,34,35,41). The highest BCUT2D eigenvalue weighted by molar-refractivity contribution is 5.92. The third kappa shape index (κ3) is 21.9. The molecule has 0 spiro atoms. The first-order valence-electron chi connectivity index (χ1n) is 16.9. The Morgan fingerprint density at radius 3 is 1.73 bits per heavy atom. The molecule has 3 amide bonds. The number of unbranched alkanes of at least 4 members (excludes halogenated alkanes) is 1. The lowest BCUT2D eigenvalue weighted by Gasteiger charge is -2.17. The van der Waals surface area contributed by atoms with Crippen LogP contribution in [0.1, 0.15) is 45.7 Å². The third-order valence-corrected chi connectivity index (χ3v) is 6.81. The zero-order valence-electron chi connectivity index (χ0n) is 29.3. The van der Waals surface area contributed by atoms with Crippen LogP contribution in [0.5, 0.6) is 0 Å². The van der Waals surface area contributed by atoms with Crippen molar-refractivity contribution >= 4 is 11.9 Å². The molecule has 2 heterocycles. The van der Waals surface area contributed by atoms with Crippen molar-refractivity contribution in [3.8, 4) is 0 Å². The molecule has 0 aromatic carbocycles. The number of urea groups is 1. The third-order valence-electron chi connectivity index (χ3n) is 6.81. The number of aromatic nitrogens is 3. The Hall–Kier alpha value is -2.92. The maximum Gasteiger partial charge on any atom is 0.314 e. The second kappa shape index (κ2) is 26.0. The monoisotopic (exact) mass is 682 g/mol. The summed E-state index contributed by atoms with van der Waals surface area (Å²) in [5.41, 5.74) is 1.68. The van der Waals surface area contributed by atoms with Gasteiger partial charge < -0.3 is 48.7 Å². The van der Waals surface area contributed by atoms with Gasteiger partial charge in [-0.1, -0.05) is 39.0 Å². The molecule has 1 aliphatic rings. The van der Waals surface area contributed by atoms with Crippen LogP contribution in [0.4, 0.5) is 4.79 Å². The molecule has 0 fully saturated rings. The van der Waals surface area contributed by atoms with E-state index in [2.05, 4.69) is 48.3 Å². The highest BCUT2D eigenvalue weighted by atomic mass is 16.6. The lowest BCUT2D eigenvalue weighted by Crippen LogP contribution is -2.37. The van der Waals surface area contributed by atoms with Crippen molar-refractivity contribution in [2.45, 2.75) is 53.1 Å². The number of carbonyl (C=O) groups excluding carboxylic acids is 2. The molecule has 0 aliphatic carbocycles. The van der Waals surface area contributed by atoms with E-state index >= 15 is 0 Å². The fourth-order valence-corrected chi connectivity index (χ4v) is 4.21. The van der Waals surface area contributed by atoms with E-state index in [4.69, 9.17) is 33.2 Å². The maximum atomic E-state index is 11.8. The van der Waals surface area contributed by atoms with E-state index in [1.807, 2.05) is 0 Å². The first-order valence-corrected chi connectivity index (χ1v) is 16.9. The highest BCUT2D eigenvalue weighted by Crippen LogP contribution is 2.21. The Morgan fingerprint density at radius 2 is 1.23 bits per heavy atom. The largest absolute Gasteiger partial charge is 0.377 e. The molecule has 0 saturated carbocycles. The van der Waals surface area contributed by atoms with Crippen molar-refractivity contribution in [1.29, 1.82) is 0 Å². The summed E-state index contributed by atoms with van der Waals surface area (Å²) in [5, 5.41) is 13.8. The number of allylic oxidation sites excluding steroid dienone is 1. The van der Waals surface area contributed by atoms with E-state index in [1.54, 1.807) is 21.9 Å². The summed E-state index contributed by atoms with van der Waals surface area (Å²) in [4.78, 5) is 25.1. The maximum absolute atomic E-state index is 11.8. The van der Waals surface area contributed by atoms with E-state index in [9.17, 15) is 9.59 Å². The van der Waals surface area contributed by atoms with Gasteiger partial charge in [0.2, 0.25) is 0 Å². The van der Waals surface area contributed by atoms with E-state index in [0.717, 1.165) is 19.3 Å². The molecule has 0 unspecified atom stereocenters. The number of amides is 3. The smallest absolute Gasteiger partial charge is 0.314 e. The van der Waals surface area contributed by atoms with Gasteiger partial charge in [-0.25, -0.2) is 9.48 Å². The summed E-state index contributed by atoms with van der Waals surface area (Å²) in [7, 11) is 0. The molecule has 274 valence electrons. The number of hydrogen-bond acceptors (Lipinski definition) is 11. The molecular weight excluding hydrogens is 624 g/mol. The number of carbonyl (C=O) groups is 2. The van der Waals surface area contributed by atoms with E-state index < -0.39 is 0 Å². The van der Waals surface area contributed by atoms with Crippen molar-refractivity contribution in [2.75, 3.05) is 106 Å². The Bertz CT molecular complexity index is 1030. The van der Waals surface area contributed by atoms with Crippen LogP contribution in [0.2, 0.25) is 0 Å². The SMILES string of the molecule is C=C1C=CC(=O)N1Cc1cn(CCOCCOCCOCCOCCOCCOCCOCCNC(=O)NCCCCC(C)(C)C)nn1. The molecule has 2 N–H and O–H groups in total. The van der Waals surface area contributed by atoms with Crippen LogP contribution in [0.3, 0.4) is 0 Å². The van der Waals surface area contributed by atoms with Gasteiger partial charge in [-0.05, 0) is 24.3 Å². The Balaban J connectivity index is 1.22. The van der Waals surface area contributed by atoms with Crippen LogP contribution in [0.15, 0.2) is 30.6 Å². The van der Waals surface area contributed by atoms with Gasteiger partial charge in [0.15, 0.2) is 0 Å². The molecule has 48 heavy (non-hydrogen) atoms. The zero-order valence-corrected chi connectivity index (χ0v) is 29.3. The fraction of sp³-hybridized carbons (Fsp3) is 0.758. The summed E-state index contributed by atoms with van der Waals surface area (Å²) in [5.74, 6) is -0.0994. The summed E-state index contributed by atoms with van der Waals surface area (Å²) in [6.07, 6.45) is 8.22. The molecule has 15 nitrogen and oxygen atoms in total. The topological polar surface area (TPSA) is 157 Å². The highest BCUT2D eigenvalue weighted by Gasteiger charge is 2.20. The summed E-state index contributed by atoms with van der Waals surface area (Å²) in [6.45, 7) is 19.2. The molecule has 0 radical (unpaired) electrons. The molecule has 1 aromatic rings. The van der Waals surface area contributed by atoms with E-state index in [-0.39, 0.29) is 11.9 Å². The normalized spacial score (nSPS) is 13.2. The number of rotatable bonds is 30. The van der Waals surface area contributed by atoms with Crippen LogP contribution in [-0.2, 0) is 51.0 Å². The molecule has 0 saturated heterocycles. The van der Waals surface area contributed by atoms with Gasteiger partial charge in [-0.3, -0.25) is 4.79 Å². The zero-order chi connectivity index (χ0) is 34.7. The van der Waals surface area contributed by atoms with Crippen LogP contribution in [0.25, 0.3) is 0 Å². The molecule has 2 rings (SSSR count). The van der Waals surface area contributed by atoms with Gasteiger partial charge in [-0.2, -0.15) is 0 Å². The van der Waals surface area contributed by atoms with Gasteiger partial charge in [0.1, 0.15) is 5.69 Å². The Morgan fingerprint density at radius 1 is 0.729 bits per heavy atom. The minimum Gasteiger partial charge on any atom is -0.377 e.